The molecular formula is C14H19F3N4O. The van der Waals surface area contributed by atoms with E-state index in [1.807, 2.05) is 23.2 Å². The Labute approximate surface area is 126 Å². The van der Waals surface area contributed by atoms with E-state index < -0.39 is 24.5 Å². The summed E-state index contributed by atoms with van der Waals surface area (Å²) in [6, 6.07) is 1.87. The summed E-state index contributed by atoms with van der Waals surface area (Å²) in [5.74, 6) is -0.931. The highest BCUT2D eigenvalue weighted by atomic mass is 19.4. The molecule has 0 bridgehead atoms. The molecular weight excluding hydrogens is 297 g/mol. The first kappa shape index (κ1) is 16.7. The third kappa shape index (κ3) is 5.25. The van der Waals surface area contributed by atoms with Crippen LogP contribution in [0.2, 0.25) is 0 Å². The molecule has 22 heavy (non-hydrogen) atoms. The van der Waals surface area contributed by atoms with Crippen LogP contribution >= 0.6 is 0 Å². The predicted molar refractivity (Wildman–Crippen MR) is 73.8 cm³/mol. The van der Waals surface area contributed by atoms with E-state index in [1.165, 1.54) is 6.33 Å². The van der Waals surface area contributed by atoms with Gasteiger partial charge >= 0.3 is 6.18 Å². The van der Waals surface area contributed by atoms with Crippen LogP contribution in [0.1, 0.15) is 24.2 Å². The fraction of sp³-hybridized carbons (Fsp3) is 0.643. The molecule has 2 heterocycles. The minimum absolute atomic E-state index is 0.404. The standard InChI is InChI=1S/C14H19F3N4O/c1-10-5-12(20-9-19-10)7-21-4-2-3-11(6-21)13(22)18-8-14(15,16)17/h5,9,11H,2-4,6-8H2,1H3,(H,18,22). The Balaban J connectivity index is 1.87. The number of alkyl halides is 3. The number of rotatable bonds is 4. The summed E-state index contributed by atoms with van der Waals surface area (Å²) < 4.78 is 36.4. The Bertz CT molecular complexity index is 521. The molecule has 122 valence electrons. The van der Waals surface area contributed by atoms with Crippen molar-refractivity contribution < 1.29 is 18.0 Å². The van der Waals surface area contributed by atoms with Crippen molar-refractivity contribution in [3.63, 3.8) is 0 Å². The lowest BCUT2D eigenvalue weighted by Crippen LogP contribution is -2.44. The SMILES string of the molecule is Cc1cc(CN2CCCC(C(=O)NCC(F)(F)F)C2)ncn1. The zero-order valence-corrected chi connectivity index (χ0v) is 12.4. The molecule has 1 aromatic rings. The van der Waals surface area contributed by atoms with Gasteiger partial charge in [0.05, 0.1) is 11.6 Å². The molecule has 0 aromatic carbocycles. The topological polar surface area (TPSA) is 58.1 Å². The van der Waals surface area contributed by atoms with E-state index >= 15 is 0 Å². The van der Waals surface area contributed by atoms with Crippen LogP contribution in [-0.4, -0.2) is 46.6 Å². The van der Waals surface area contributed by atoms with Gasteiger partial charge in [0, 0.05) is 18.8 Å². The average Bonchev–Trinajstić information content (AvgIpc) is 2.44. The van der Waals surface area contributed by atoms with Crippen molar-refractivity contribution in [1.82, 2.24) is 20.2 Å². The van der Waals surface area contributed by atoms with Crippen molar-refractivity contribution in [3.05, 3.63) is 23.8 Å². The monoisotopic (exact) mass is 316 g/mol. The van der Waals surface area contributed by atoms with Crippen LogP contribution in [0.15, 0.2) is 12.4 Å². The van der Waals surface area contributed by atoms with Gasteiger partial charge in [-0.05, 0) is 32.4 Å². The molecule has 0 spiro atoms. The second-order valence-corrected chi connectivity index (χ2v) is 5.56. The van der Waals surface area contributed by atoms with Crippen LogP contribution in [-0.2, 0) is 11.3 Å². The van der Waals surface area contributed by atoms with Gasteiger partial charge in [-0.25, -0.2) is 9.97 Å². The molecule has 1 amide bonds. The molecule has 2 rings (SSSR count). The molecule has 0 radical (unpaired) electrons. The average molecular weight is 316 g/mol. The largest absolute Gasteiger partial charge is 0.405 e. The first-order chi connectivity index (χ1) is 10.3. The second kappa shape index (κ2) is 7.04. The zero-order chi connectivity index (χ0) is 16.2. The first-order valence-electron chi connectivity index (χ1n) is 7.18. The number of nitrogens with zero attached hydrogens (tertiary/aromatic N) is 3. The summed E-state index contributed by atoms with van der Waals surface area (Å²) in [7, 11) is 0. The molecule has 8 heteroatoms. The maximum atomic E-state index is 12.1. The highest BCUT2D eigenvalue weighted by Gasteiger charge is 2.31. The van der Waals surface area contributed by atoms with Crippen LogP contribution in [0.25, 0.3) is 0 Å². The van der Waals surface area contributed by atoms with Gasteiger partial charge in [-0.1, -0.05) is 0 Å². The number of carbonyl (C=O) groups is 1. The third-order valence-electron chi connectivity index (χ3n) is 3.59. The number of hydrogen-bond donors (Lipinski definition) is 1. The number of piperidine rings is 1. The van der Waals surface area contributed by atoms with Gasteiger partial charge in [-0.2, -0.15) is 13.2 Å². The molecule has 1 saturated heterocycles. The summed E-state index contributed by atoms with van der Waals surface area (Å²) in [4.78, 5) is 22.1. The van der Waals surface area contributed by atoms with E-state index in [-0.39, 0.29) is 0 Å². The fourth-order valence-electron chi connectivity index (χ4n) is 2.57. The lowest BCUT2D eigenvalue weighted by atomic mass is 9.97. The highest BCUT2D eigenvalue weighted by molar-refractivity contribution is 5.79. The Morgan fingerprint density at radius 2 is 2.23 bits per heavy atom. The number of aryl methyl sites for hydroxylation is 1. The minimum atomic E-state index is -4.37. The number of halogens is 3. The summed E-state index contributed by atoms with van der Waals surface area (Å²) in [5.41, 5.74) is 1.71. The smallest absolute Gasteiger partial charge is 0.347 e. The Morgan fingerprint density at radius 3 is 2.91 bits per heavy atom. The summed E-state index contributed by atoms with van der Waals surface area (Å²) >= 11 is 0. The van der Waals surface area contributed by atoms with Gasteiger partial charge < -0.3 is 5.32 Å². The van der Waals surface area contributed by atoms with Gasteiger partial charge in [-0.15, -0.1) is 0 Å². The van der Waals surface area contributed by atoms with Gasteiger partial charge in [0.1, 0.15) is 12.9 Å². The van der Waals surface area contributed by atoms with E-state index in [0.29, 0.717) is 19.5 Å². The lowest BCUT2D eigenvalue weighted by molar-refractivity contribution is -0.141. The van der Waals surface area contributed by atoms with Crippen molar-refractivity contribution in [1.29, 1.82) is 0 Å². The number of hydrogen-bond acceptors (Lipinski definition) is 4. The van der Waals surface area contributed by atoms with E-state index in [9.17, 15) is 18.0 Å². The van der Waals surface area contributed by atoms with Crippen LogP contribution in [0.5, 0.6) is 0 Å². The minimum Gasteiger partial charge on any atom is -0.347 e. The van der Waals surface area contributed by atoms with Crippen molar-refractivity contribution in [3.8, 4) is 0 Å². The number of amides is 1. The quantitative estimate of drug-likeness (QED) is 0.918. The molecule has 5 nitrogen and oxygen atoms in total. The molecule has 1 aliphatic rings. The molecule has 0 aliphatic carbocycles. The predicted octanol–water partition coefficient (Wildman–Crippen LogP) is 1.68. The molecule has 1 aromatic heterocycles. The number of likely N-dealkylation sites (tertiary alicyclic amines) is 1. The van der Waals surface area contributed by atoms with E-state index in [2.05, 4.69) is 9.97 Å². The van der Waals surface area contributed by atoms with E-state index in [4.69, 9.17) is 0 Å². The zero-order valence-electron chi connectivity index (χ0n) is 12.4. The highest BCUT2D eigenvalue weighted by Crippen LogP contribution is 2.19. The Kier molecular flexibility index (Phi) is 5.33. The normalized spacial score (nSPS) is 19.9. The number of nitrogens with one attached hydrogen (secondary N) is 1. The summed E-state index contributed by atoms with van der Waals surface area (Å²) in [6.45, 7) is 2.44. The Hall–Kier alpha value is -1.70. The van der Waals surface area contributed by atoms with Gasteiger partial charge in [0.25, 0.3) is 0 Å². The van der Waals surface area contributed by atoms with Gasteiger partial charge in [-0.3, -0.25) is 9.69 Å². The Morgan fingerprint density at radius 1 is 1.45 bits per heavy atom. The van der Waals surface area contributed by atoms with Crippen molar-refractivity contribution >= 4 is 5.91 Å². The van der Waals surface area contributed by atoms with Crippen molar-refractivity contribution in [2.75, 3.05) is 19.6 Å². The number of aromatic nitrogens is 2. The van der Waals surface area contributed by atoms with E-state index in [0.717, 1.165) is 24.4 Å². The first-order valence-corrected chi connectivity index (χ1v) is 7.18. The van der Waals surface area contributed by atoms with Crippen LogP contribution < -0.4 is 5.32 Å². The van der Waals surface area contributed by atoms with Crippen LogP contribution in [0.3, 0.4) is 0 Å². The second-order valence-electron chi connectivity index (χ2n) is 5.56. The number of carbonyl (C=O) groups excluding carboxylic acids is 1. The summed E-state index contributed by atoms with van der Waals surface area (Å²) in [6.07, 6.45) is -1.48. The molecule has 1 aliphatic heterocycles. The van der Waals surface area contributed by atoms with E-state index in [1.54, 1.807) is 0 Å². The molecule has 0 saturated carbocycles. The maximum absolute atomic E-state index is 12.1. The molecule has 1 unspecified atom stereocenters. The van der Waals surface area contributed by atoms with Crippen LogP contribution in [0.4, 0.5) is 13.2 Å². The van der Waals surface area contributed by atoms with Gasteiger partial charge in [0.2, 0.25) is 5.91 Å². The fourth-order valence-corrected chi connectivity index (χ4v) is 2.57. The molecule has 1 N–H and O–H groups in total. The lowest BCUT2D eigenvalue weighted by Gasteiger charge is -2.31. The maximum Gasteiger partial charge on any atom is 0.405 e. The third-order valence-corrected chi connectivity index (χ3v) is 3.59. The summed E-state index contributed by atoms with van der Waals surface area (Å²) in [5, 5.41) is 1.97. The van der Waals surface area contributed by atoms with Crippen molar-refractivity contribution in [2.24, 2.45) is 5.92 Å². The van der Waals surface area contributed by atoms with Crippen LogP contribution in [0, 0.1) is 12.8 Å². The molecule has 1 fully saturated rings. The molecule has 1 atom stereocenters. The van der Waals surface area contributed by atoms with Crippen molar-refractivity contribution in [2.45, 2.75) is 32.5 Å². The van der Waals surface area contributed by atoms with Gasteiger partial charge in [0.15, 0.2) is 0 Å².